The van der Waals surface area contributed by atoms with Crippen molar-refractivity contribution in [1.82, 2.24) is 19.6 Å². The quantitative estimate of drug-likeness (QED) is 0.678. The number of nitrogens with zero attached hydrogens (tertiary/aromatic N) is 4. The molecular formula is C20H34N4O4. The number of hydrogen-bond acceptors (Lipinski definition) is 5. The van der Waals surface area contributed by atoms with Crippen LogP contribution in [0.1, 0.15) is 25.7 Å². The zero-order chi connectivity index (χ0) is 19.3. The first kappa shape index (κ1) is 19.9. The average molecular weight is 395 g/mol. The first-order chi connectivity index (χ1) is 13.7. The van der Waals surface area contributed by atoms with Crippen LogP contribution < -0.4 is 0 Å². The highest BCUT2D eigenvalue weighted by Gasteiger charge is 2.38. The van der Waals surface area contributed by atoms with Crippen molar-refractivity contribution in [3.05, 3.63) is 0 Å². The molecule has 0 aromatic heterocycles. The lowest BCUT2D eigenvalue weighted by molar-refractivity contribution is -0.136. The van der Waals surface area contributed by atoms with Gasteiger partial charge in [0.2, 0.25) is 5.91 Å². The van der Waals surface area contributed by atoms with Crippen molar-refractivity contribution >= 4 is 11.9 Å². The Hall–Kier alpha value is -1.38. The largest absolute Gasteiger partial charge is 0.379 e. The highest BCUT2D eigenvalue weighted by atomic mass is 16.5. The number of carbonyl (C=O) groups is 2. The molecule has 4 fully saturated rings. The summed E-state index contributed by atoms with van der Waals surface area (Å²) in [5, 5.41) is 0. The van der Waals surface area contributed by atoms with E-state index in [9.17, 15) is 9.59 Å². The van der Waals surface area contributed by atoms with Crippen molar-refractivity contribution in [2.24, 2.45) is 5.92 Å². The molecule has 1 aliphatic carbocycles. The van der Waals surface area contributed by atoms with Gasteiger partial charge in [-0.1, -0.05) is 0 Å². The van der Waals surface area contributed by atoms with E-state index in [1.165, 1.54) is 0 Å². The van der Waals surface area contributed by atoms with Crippen LogP contribution >= 0.6 is 0 Å². The van der Waals surface area contributed by atoms with Crippen LogP contribution in [0.3, 0.4) is 0 Å². The Kier molecular flexibility index (Phi) is 6.69. The standard InChI is InChI=1S/C20H34N4O4/c25-19(17-3-4-17)24(7-6-21-8-12-27-13-9-21)18-2-1-5-23(16-18)20(26)22-10-14-28-15-11-22/h17-18H,1-16H2. The van der Waals surface area contributed by atoms with Crippen LogP contribution in [0.25, 0.3) is 0 Å². The van der Waals surface area contributed by atoms with E-state index < -0.39 is 0 Å². The van der Waals surface area contributed by atoms with Gasteiger partial charge >= 0.3 is 6.03 Å². The predicted octanol–water partition coefficient (Wildman–Crippen LogP) is 0.474. The van der Waals surface area contributed by atoms with Crippen molar-refractivity contribution < 1.29 is 19.1 Å². The van der Waals surface area contributed by atoms with E-state index >= 15 is 0 Å². The van der Waals surface area contributed by atoms with E-state index in [-0.39, 0.29) is 18.0 Å². The summed E-state index contributed by atoms with van der Waals surface area (Å²) < 4.78 is 10.8. The number of ether oxygens (including phenoxy) is 2. The Morgan fingerprint density at radius 2 is 1.54 bits per heavy atom. The molecule has 1 atom stereocenters. The molecule has 0 N–H and O–H groups in total. The summed E-state index contributed by atoms with van der Waals surface area (Å²) in [4.78, 5) is 34.3. The maximum absolute atomic E-state index is 13.0. The minimum absolute atomic E-state index is 0.111. The molecule has 3 amide bonds. The van der Waals surface area contributed by atoms with E-state index in [1.807, 2.05) is 9.80 Å². The van der Waals surface area contributed by atoms with Gasteiger partial charge in [0.1, 0.15) is 0 Å². The summed E-state index contributed by atoms with van der Waals surface area (Å²) in [5.74, 6) is 0.522. The Morgan fingerprint density at radius 3 is 2.21 bits per heavy atom. The molecule has 0 radical (unpaired) electrons. The molecule has 8 heteroatoms. The van der Waals surface area contributed by atoms with Crippen molar-refractivity contribution in [2.45, 2.75) is 31.7 Å². The topological polar surface area (TPSA) is 65.6 Å². The van der Waals surface area contributed by atoms with Gasteiger partial charge in [0.05, 0.1) is 26.4 Å². The predicted molar refractivity (Wildman–Crippen MR) is 104 cm³/mol. The van der Waals surface area contributed by atoms with E-state index in [0.29, 0.717) is 38.8 Å². The number of morpholine rings is 2. The van der Waals surface area contributed by atoms with Crippen LogP contribution in [0.5, 0.6) is 0 Å². The Balaban J connectivity index is 1.36. The molecule has 4 aliphatic rings. The fourth-order valence-corrected chi connectivity index (χ4v) is 4.45. The molecule has 0 aromatic carbocycles. The maximum Gasteiger partial charge on any atom is 0.320 e. The monoisotopic (exact) mass is 394 g/mol. The van der Waals surface area contributed by atoms with Gasteiger partial charge in [-0.3, -0.25) is 9.69 Å². The Bertz CT molecular complexity index is 544. The number of amides is 3. The molecule has 0 spiro atoms. The number of likely N-dealkylation sites (tertiary alicyclic amines) is 1. The van der Waals surface area contributed by atoms with Crippen LogP contribution in [-0.2, 0) is 14.3 Å². The van der Waals surface area contributed by atoms with Crippen LogP contribution in [0.2, 0.25) is 0 Å². The summed E-state index contributed by atoms with van der Waals surface area (Å²) in [6.45, 7) is 9.14. The average Bonchev–Trinajstić information content (AvgIpc) is 3.60. The summed E-state index contributed by atoms with van der Waals surface area (Å²) in [6, 6.07) is 0.257. The van der Waals surface area contributed by atoms with Gasteiger partial charge in [-0.15, -0.1) is 0 Å². The van der Waals surface area contributed by atoms with Gasteiger partial charge in [0.25, 0.3) is 0 Å². The molecule has 0 bridgehead atoms. The second kappa shape index (κ2) is 9.41. The normalized spacial score (nSPS) is 26.9. The van der Waals surface area contributed by atoms with Gasteiger partial charge in [-0.25, -0.2) is 4.79 Å². The third kappa shape index (κ3) is 4.96. The molecule has 8 nitrogen and oxygen atoms in total. The number of urea groups is 1. The van der Waals surface area contributed by atoms with Crippen molar-refractivity contribution in [3.63, 3.8) is 0 Å². The third-order valence-electron chi connectivity index (χ3n) is 6.36. The van der Waals surface area contributed by atoms with Crippen LogP contribution in [0, 0.1) is 5.92 Å². The Morgan fingerprint density at radius 1 is 0.857 bits per heavy atom. The van der Waals surface area contributed by atoms with Crippen LogP contribution in [0.15, 0.2) is 0 Å². The second-order valence-electron chi connectivity index (χ2n) is 8.38. The van der Waals surface area contributed by atoms with E-state index in [0.717, 1.165) is 71.6 Å². The molecule has 28 heavy (non-hydrogen) atoms. The number of carbonyl (C=O) groups excluding carboxylic acids is 2. The minimum atomic E-state index is 0.111. The highest BCUT2D eigenvalue weighted by molar-refractivity contribution is 5.81. The van der Waals surface area contributed by atoms with E-state index in [4.69, 9.17) is 9.47 Å². The summed E-state index contributed by atoms with van der Waals surface area (Å²) in [7, 11) is 0. The highest BCUT2D eigenvalue weighted by Crippen LogP contribution is 2.32. The zero-order valence-electron chi connectivity index (χ0n) is 16.9. The molecule has 0 aromatic rings. The van der Waals surface area contributed by atoms with Crippen molar-refractivity contribution in [1.29, 1.82) is 0 Å². The lowest BCUT2D eigenvalue weighted by Gasteiger charge is -2.42. The zero-order valence-corrected chi connectivity index (χ0v) is 16.9. The van der Waals surface area contributed by atoms with Crippen LogP contribution in [0.4, 0.5) is 4.79 Å². The van der Waals surface area contributed by atoms with E-state index in [1.54, 1.807) is 0 Å². The lowest BCUT2D eigenvalue weighted by Crippen LogP contribution is -2.57. The van der Waals surface area contributed by atoms with Gasteiger partial charge in [-0.05, 0) is 25.7 Å². The molecular weight excluding hydrogens is 360 g/mol. The lowest BCUT2D eigenvalue weighted by atomic mass is 10.0. The molecule has 1 saturated carbocycles. The molecule has 158 valence electrons. The fraction of sp³-hybridized carbons (Fsp3) is 0.900. The summed E-state index contributed by atoms with van der Waals surface area (Å²) in [5.41, 5.74) is 0. The fourth-order valence-electron chi connectivity index (χ4n) is 4.45. The smallest absolute Gasteiger partial charge is 0.320 e. The summed E-state index contributed by atoms with van der Waals surface area (Å²) in [6.07, 6.45) is 4.01. The SMILES string of the molecule is O=C(N1CCOCC1)N1CCCC(N(CCN2CCOCC2)C(=O)C2CC2)C1. The van der Waals surface area contributed by atoms with Gasteiger partial charge in [0, 0.05) is 64.3 Å². The van der Waals surface area contributed by atoms with Crippen molar-refractivity contribution in [2.75, 3.05) is 78.8 Å². The van der Waals surface area contributed by atoms with Crippen LogP contribution in [-0.4, -0.2) is 116 Å². The Labute approximate surface area is 167 Å². The first-order valence-electron chi connectivity index (χ1n) is 10.9. The van der Waals surface area contributed by atoms with Gasteiger partial charge < -0.3 is 24.2 Å². The first-order valence-corrected chi connectivity index (χ1v) is 10.9. The summed E-state index contributed by atoms with van der Waals surface area (Å²) >= 11 is 0. The maximum atomic E-state index is 13.0. The molecule has 3 heterocycles. The number of piperidine rings is 1. The second-order valence-corrected chi connectivity index (χ2v) is 8.38. The molecule has 4 rings (SSSR count). The van der Waals surface area contributed by atoms with Gasteiger partial charge in [-0.2, -0.15) is 0 Å². The molecule has 3 saturated heterocycles. The van der Waals surface area contributed by atoms with Gasteiger partial charge in [0.15, 0.2) is 0 Å². The number of rotatable bonds is 5. The number of hydrogen-bond donors (Lipinski definition) is 0. The molecule has 1 unspecified atom stereocenters. The minimum Gasteiger partial charge on any atom is -0.379 e. The van der Waals surface area contributed by atoms with E-state index in [2.05, 4.69) is 9.80 Å². The third-order valence-corrected chi connectivity index (χ3v) is 6.36. The van der Waals surface area contributed by atoms with Crippen molar-refractivity contribution in [3.8, 4) is 0 Å². The molecule has 3 aliphatic heterocycles.